The van der Waals surface area contributed by atoms with E-state index in [4.69, 9.17) is 5.26 Å². The number of amides is 1. The van der Waals surface area contributed by atoms with Crippen molar-refractivity contribution in [1.82, 2.24) is 5.32 Å². The van der Waals surface area contributed by atoms with E-state index in [1.807, 2.05) is 13.8 Å². The molecule has 0 aromatic heterocycles. The number of anilines is 1. The molecule has 1 aliphatic rings. The number of halogens is 2. The lowest BCUT2D eigenvalue weighted by Crippen LogP contribution is -2.50. The van der Waals surface area contributed by atoms with Crippen LogP contribution in [0.3, 0.4) is 0 Å². The molecule has 6 nitrogen and oxygen atoms in total. The second kappa shape index (κ2) is 5.91. The van der Waals surface area contributed by atoms with Crippen molar-refractivity contribution in [2.45, 2.75) is 32.6 Å². The minimum atomic E-state index is -3.68. The van der Waals surface area contributed by atoms with Crippen LogP contribution in [0.5, 0.6) is 11.5 Å². The van der Waals surface area contributed by atoms with Gasteiger partial charge in [-0.2, -0.15) is 5.26 Å². The van der Waals surface area contributed by atoms with Crippen molar-refractivity contribution in [1.29, 1.82) is 5.26 Å². The first-order chi connectivity index (χ1) is 10.6. The molecule has 8 heteroatoms. The van der Waals surface area contributed by atoms with Gasteiger partial charge in [-0.25, -0.2) is 0 Å². The fourth-order valence-electron chi connectivity index (χ4n) is 1.88. The van der Waals surface area contributed by atoms with E-state index in [9.17, 15) is 13.6 Å². The van der Waals surface area contributed by atoms with Crippen LogP contribution < -0.4 is 20.1 Å². The van der Waals surface area contributed by atoms with Gasteiger partial charge in [-0.3, -0.25) is 4.79 Å². The van der Waals surface area contributed by atoms with Crippen molar-refractivity contribution in [3.05, 3.63) is 18.2 Å². The summed E-state index contributed by atoms with van der Waals surface area (Å²) in [4.78, 5) is 11.9. The summed E-state index contributed by atoms with van der Waals surface area (Å²) in [5.41, 5.74) is -0.557. The molecule has 0 fully saturated rings. The van der Waals surface area contributed by atoms with E-state index in [2.05, 4.69) is 26.2 Å². The number of alkyl halides is 2. The molecule has 0 unspecified atom stereocenters. The van der Waals surface area contributed by atoms with Crippen molar-refractivity contribution >= 4 is 11.6 Å². The van der Waals surface area contributed by atoms with Crippen LogP contribution in [0.4, 0.5) is 14.5 Å². The largest absolute Gasteiger partial charge is 0.586 e. The van der Waals surface area contributed by atoms with Gasteiger partial charge in [0.2, 0.25) is 5.91 Å². The third kappa shape index (κ3) is 3.80. The van der Waals surface area contributed by atoms with Crippen molar-refractivity contribution in [2.75, 3.05) is 11.9 Å². The summed E-state index contributed by atoms with van der Waals surface area (Å²) in [5.74, 6) is -0.624. The summed E-state index contributed by atoms with van der Waals surface area (Å²) >= 11 is 0. The molecule has 0 saturated heterocycles. The molecule has 1 atom stereocenters. The topological polar surface area (TPSA) is 83.4 Å². The van der Waals surface area contributed by atoms with Gasteiger partial charge in [-0.1, -0.05) is 13.8 Å². The number of carbonyl (C=O) groups excluding carboxylic acids is 1. The smallest absolute Gasteiger partial charge is 0.395 e. The molecule has 1 aliphatic heterocycles. The molecular weight excluding hydrogens is 308 g/mol. The first-order valence-corrected chi connectivity index (χ1v) is 7.01. The maximum absolute atomic E-state index is 12.9. The van der Waals surface area contributed by atoms with E-state index in [-0.39, 0.29) is 29.9 Å². The molecule has 124 valence electrons. The highest BCUT2D eigenvalue weighted by atomic mass is 19.3. The van der Waals surface area contributed by atoms with Crippen LogP contribution in [-0.2, 0) is 4.79 Å². The lowest BCUT2D eigenvalue weighted by molar-refractivity contribution is -0.286. The minimum Gasteiger partial charge on any atom is -0.395 e. The Morgan fingerprint density at radius 3 is 2.65 bits per heavy atom. The third-order valence-corrected chi connectivity index (χ3v) is 3.64. The molecule has 1 aromatic rings. The summed E-state index contributed by atoms with van der Waals surface area (Å²) in [6.45, 7) is 5.18. The van der Waals surface area contributed by atoms with E-state index in [0.29, 0.717) is 5.69 Å². The van der Waals surface area contributed by atoms with E-state index < -0.39 is 11.8 Å². The first-order valence-electron chi connectivity index (χ1n) is 7.01. The Hall–Kier alpha value is -2.56. The number of hydrogen-bond donors (Lipinski definition) is 2. The Morgan fingerprint density at radius 1 is 1.39 bits per heavy atom. The molecular formula is C15H17F2N3O3. The zero-order chi connectivity index (χ0) is 17.3. The maximum Gasteiger partial charge on any atom is 0.586 e. The zero-order valence-electron chi connectivity index (χ0n) is 12.9. The lowest BCUT2D eigenvalue weighted by atomic mass is 9.90. The molecule has 0 saturated carbocycles. The molecule has 1 heterocycles. The van der Waals surface area contributed by atoms with Crippen molar-refractivity contribution in [3.63, 3.8) is 0 Å². The number of nitriles is 1. The van der Waals surface area contributed by atoms with E-state index in [0.717, 1.165) is 0 Å². The molecule has 23 heavy (non-hydrogen) atoms. The van der Waals surface area contributed by atoms with Gasteiger partial charge in [0.25, 0.3) is 0 Å². The highest BCUT2D eigenvalue weighted by Crippen LogP contribution is 2.42. The van der Waals surface area contributed by atoms with Crippen molar-refractivity contribution in [3.8, 4) is 17.6 Å². The van der Waals surface area contributed by atoms with Gasteiger partial charge < -0.3 is 20.1 Å². The number of benzene rings is 1. The van der Waals surface area contributed by atoms with Crippen molar-refractivity contribution < 1.29 is 23.0 Å². The zero-order valence-corrected chi connectivity index (χ0v) is 12.9. The van der Waals surface area contributed by atoms with E-state index in [1.54, 1.807) is 6.92 Å². The predicted octanol–water partition coefficient (Wildman–Crippen LogP) is 2.47. The Labute approximate surface area is 132 Å². The Bertz CT molecular complexity index is 658. The second-order valence-electron chi connectivity index (χ2n) is 5.70. The standard InChI is InChI=1S/C15H17F2N3O3/c1-9(2)14(3,8-18)20-13(21)7-19-10-4-5-11-12(6-10)23-15(16,17)22-11/h4-6,9,19H,7H2,1-3H3,(H,20,21)/t14-/m1/s1. The molecule has 1 aromatic carbocycles. The number of rotatable bonds is 5. The molecule has 0 bridgehead atoms. The Balaban J connectivity index is 1.95. The molecule has 0 aliphatic carbocycles. The Morgan fingerprint density at radius 2 is 2.04 bits per heavy atom. The van der Waals surface area contributed by atoms with Gasteiger partial charge in [0.15, 0.2) is 11.5 Å². The number of nitrogens with one attached hydrogen (secondary N) is 2. The fraction of sp³-hybridized carbons (Fsp3) is 0.467. The quantitative estimate of drug-likeness (QED) is 0.869. The van der Waals surface area contributed by atoms with E-state index >= 15 is 0 Å². The summed E-state index contributed by atoms with van der Waals surface area (Å²) in [6.07, 6.45) is -3.68. The van der Waals surface area contributed by atoms with Crippen LogP contribution >= 0.6 is 0 Å². The van der Waals surface area contributed by atoms with Gasteiger partial charge in [0.05, 0.1) is 12.6 Å². The van der Waals surface area contributed by atoms with Gasteiger partial charge in [-0.15, -0.1) is 8.78 Å². The number of hydrogen-bond acceptors (Lipinski definition) is 5. The highest BCUT2D eigenvalue weighted by Gasteiger charge is 2.43. The van der Waals surface area contributed by atoms with Crippen LogP contribution in [0, 0.1) is 17.2 Å². The minimum absolute atomic E-state index is 0.0655. The Kier molecular flexibility index (Phi) is 4.32. The molecule has 0 radical (unpaired) electrons. The molecule has 2 rings (SSSR count). The molecule has 1 amide bonds. The van der Waals surface area contributed by atoms with Gasteiger partial charge in [-0.05, 0) is 25.0 Å². The van der Waals surface area contributed by atoms with Crippen molar-refractivity contribution in [2.24, 2.45) is 5.92 Å². The van der Waals surface area contributed by atoms with Crippen LogP contribution in [0.2, 0.25) is 0 Å². The monoisotopic (exact) mass is 325 g/mol. The lowest BCUT2D eigenvalue weighted by Gasteiger charge is -2.27. The first kappa shape index (κ1) is 16.8. The third-order valence-electron chi connectivity index (χ3n) is 3.64. The summed E-state index contributed by atoms with van der Waals surface area (Å²) in [7, 11) is 0. The summed E-state index contributed by atoms with van der Waals surface area (Å²) in [5, 5.41) is 14.6. The number of fused-ring (bicyclic) bond motifs is 1. The molecule has 0 spiro atoms. The van der Waals surface area contributed by atoms with Crippen LogP contribution in [0.25, 0.3) is 0 Å². The summed E-state index contributed by atoms with van der Waals surface area (Å²) in [6, 6.07) is 6.20. The van der Waals surface area contributed by atoms with Crippen LogP contribution in [-0.4, -0.2) is 24.3 Å². The van der Waals surface area contributed by atoms with Gasteiger partial charge >= 0.3 is 6.29 Å². The van der Waals surface area contributed by atoms with Gasteiger partial charge in [0, 0.05) is 11.8 Å². The fourth-order valence-corrected chi connectivity index (χ4v) is 1.88. The van der Waals surface area contributed by atoms with Crippen LogP contribution in [0.1, 0.15) is 20.8 Å². The average Bonchev–Trinajstić information content (AvgIpc) is 2.77. The predicted molar refractivity (Wildman–Crippen MR) is 78.1 cm³/mol. The highest BCUT2D eigenvalue weighted by molar-refractivity contribution is 5.82. The van der Waals surface area contributed by atoms with Gasteiger partial charge in [0.1, 0.15) is 5.54 Å². The number of nitrogens with zero attached hydrogens (tertiary/aromatic N) is 1. The average molecular weight is 325 g/mol. The summed E-state index contributed by atoms with van der Waals surface area (Å²) < 4.78 is 34.5. The second-order valence-corrected chi connectivity index (χ2v) is 5.70. The SMILES string of the molecule is CC(C)[C@@](C)(C#N)NC(=O)CNc1ccc2c(c1)OC(F)(F)O2. The van der Waals surface area contributed by atoms with Crippen LogP contribution in [0.15, 0.2) is 18.2 Å². The maximum atomic E-state index is 12.9. The number of carbonyl (C=O) groups is 1. The van der Waals surface area contributed by atoms with E-state index in [1.165, 1.54) is 18.2 Å². The number of ether oxygens (including phenoxy) is 2. The normalized spacial score (nSPS) is 17.3. The molecule has 2 N–H and O–H groups in total.